The van der Waals surface area contributed by atoms with E-state index in [9.17, 15) is 9.90 Å². The van der Waals surface area contributed by atoms with Crippen LogP contribution in [0.15, 0.2) is 69.9 Å². The van der Waals surface area contributed by atoms with Crippen LogP contribution in [0.5, 0.6) is 5.75 Å². The third-order valence-electron chi connectivity index (χ3n) is 5.28. The third-order valence-corrected chi connectivity index (χ3v) is 5.28. The van der Waals surface area contributed by atoms with Crippen LogP contribution in [-0.2, 0) is 6.54 Å². The highest BCUT2D eigenvalue weighted by Gasteiger charge is 2.20. The highest BCUT2D eigenvalue weighted by molar-refractivity contribution is 5.81. The number of hydrogen-bond acceptors (Lipinski definition) is 4. The lowest BCUT2D eigenvalue weighted by Crippen LogP contribution is -3.13. The van der Waals surface area contributed by atoms with Crippen molar-refractivity contribution in [3.8, 4) is 5.75 Å². The van der Waals surface area contributed by atoms with Crippen molar-refractivity contribution in [3.05, 3.63) is 82.2 Å². The highest BCUT2D eigenvalue weighted by atomic mass is 16.4. The number of hydrogen-bond donors (Lipinski definition) is 1. The van der Waals surface area contributed by atoms with Gasteiger partial charge < -0.3 is 14.4 Å². The number of benzene rings is 2. The van der Waals surface area contributed by atoms with E-state index in [1.807, 2.05) is 18.2 Å². The van der Waals surface area contributed by atoms with Gasteiger partial charge in [0, 0.05) is 36.7 Å². The first-order valence-corrected chi connectivity index (χ1v) is 9.69. The van der Waals surface area contributed by atoms with Crippen molar-refractivity contribution in [2.75, 3.05) is 32.7 Å². The number of nitrogens with one attached hydrogen (secondary N) is 1. The van der Waals surface area contributed by atoms with Crippen molar-refractivity contribution >= 4 is 17.0 Å². The van der Waals surface area contributed by atoms with E-state index in [0.717, 1.165) is 50.2 Å². The molecule has 0 atom stereocenters. The molecule has 4 rings (SSSR count). The molecular formula is C23H24N2O3. The second kappa shape index (κ2) is 8.42. The minimum atomic E-state index is -0.356. The zero-order chi connectivity index (χ0) is 19.3. The second-order valence-electron chi connectivity index (χ2n) is 7.29. The average molecular weight is 376 g/mol. The van der Waals surface area contributed by atoms with Crippen LogP contribution in [0.4, 0.5) is 0 Å². The molecule has 1 aromatic heterocycles. The smallest absolute Gasteiger partial charge is 0.336 e. The summed E-state index contributed by atoms with van der Waals surface area (Å²) >= 11 is 0. The Morgan fingerprint density at radius 1 is 1.07 bits per heavy atom. The molecule has 3 aromatic rings. The van der Waals surface area contributed by atoms with Gasteiger partial charge in [0.1, 0.15) is 12.1 Å². The molecule has 5 nitrogen and oxygen atoms in total. The van der Waals surface area contributed by atoms with Crippen molar-refractivity contribution in [2.45, 2.75) is 6.54 Å². The summed E-state index contributed by atoms with van der Waals surface area (Å²) in [5.74, 6) is -0.0624. The van der Waals surface area contributed by atoms with Crippen LogP contribution in [0.25, 0.3) is 17.0 Å². The molecule has 0 saturated carbocycles. The fourth-order valence-electron chi connectivity index (χ4n) is 3.75. The Labute approximate surface area is 164 Å². The fraction of sp³-hybridized carbons (Fsp3) is 0.261. The minimum Gasteiger partial charge on any atom is -0.872 e. The van der Waals surface area contributed by atoms with Crippen LogP contribution in [0.1, 0.15) is 11.1 Å². The summed E-state index contributed by atoms with van der Waals surface area (Å²) in [5, 5.41) is 12.5. The van der Waals surface area contributed by atoms with E-state index in [0.29, 0.717) is 5.58 Å². The van der Waals surface area contributed by atoms with E-state index < -0.39 is 0 Å². The molecule has 1 aliphatic rings. The molecule has 28 heavy (non-hydrogen) atoms. The Balaban J connectivity index is 1.36. The number of nitrogens with zero attached hydrogens (tertiary/aromatic N) is 1. The van der Waals surface area contributed by atoms with Crippen LogP contribution in [0, 0.1) is 0 Å². The van der Waals surface area contributed by atoms with Gasteiger partial charge in [0.05, 0.1) is 13.1 Å². The first-order valence-electron chi connectivity index (χ1n) is 9.69. The molecule has 0 spiro atoms. The highest BCUT2D eigenvalue weighted by Crippen LogP contribution is 2.20. The lowest BCUT2D eigenvalue weighted by atomic mass is 10.1. The van der Waals surface area contributed by atoms with Gasteiger partial charge >= 0.3 is 5.63 Å². The lowest BCUT2D eigenvalue weighted by molar-refractivity contribution is -0.918. The summed E-state index contributed by atoms with van der Waals surface area (Å²) < 4.78 is 5.22. The van der Waals surface area contributed by atoms with E-state index in [-0.39, 0.29) is 11.4 Å². The normalized spacial score (nSPS) is 16.1. The SMILES string of the molecule is O=c1cc(C[NH+]2CCN(CC=Cc3ccccc3)CC2)c2cc([O-])ccc2o1. The molecular weight excluding hydrogens is 352 g/mol. The van der Waals surface area contributed by atoms with Crippen LogP contribution in [0.2, 0.25) is 0 Å². The standard InChI is InChI=1S/C23H24N2O3/c26-20-8-9-22-21(16-20)19(15-23(27)28-22)17-25-13-11-24(12-14-25)10-4-7-18-5-2-1-3-6-18/h1-9,15-16,26H,10-14,17H2. The van der Waals surface area contributed by atoms with Gasteiger partial charge in [-0.3, -0.25) is 4.90 Å². The van der Waals surface area contributed by atoms with Gasteiger partial charge in [-0.1, -0.05) is 54.6 Å². The molecule has 0 amide bonds. The molecule has 2 aromatic carbocycles. The van der Waals surface area contributed by atoms with Crippen LogP contribution in [0.3, 0.4) is 0 Å². The molecule has 1 saturated heterocycles. The molecule has 1 aliphatic heterocycles. The predicted molar refractivity (Wildman–Crippen MR) is 108 cm³/mol. The topological polar surface area (TPSA) is 61.0 Å². The Kier molecular flexibility index (Phi) is 5.55. The molecule has 0 unspecified atom stereocenters. The molecule has 0 radical (unpaired) electrons. The Hall–Kier alpha value is -2.89. The molecule has 0 aliphatic carbocycles. The van der Waals surface area contributed by atoms with Crippen molar-refractivity contribution in [3.63, 3.8) is 0 Å². The zero-order valence-electron chi connectivity index (χ0n) is 15.8. The van der Waals surface area contributed by atoms with Gasteiger partial charge in [0.2, 0.25) is 0 Å². The van der Waals surface area contributed by atoms with Crippen LogP contribution in [-0.4, -0.2) is 37.6 Å². The van der Waals surface area contributed by atoms with Crippen LogP contribution < -0.4 is 15.6 Å². The van der Waals surface area contributed by atoms with Crippen molar-refractivity contribution in [2.24, 2.45) is 0 Å². The van der Waals surface area contributed by atoms with E-state index in [1.165, 1.54) is 22.6 Å². The van der Waals surface area contributed by atoms with E-state index in [4.69, 9.17) is 4.42 Å². The zero-order valence-corrected chi connectivity index (χ0v) is 15.8. The third kappa shape index (κ3) is 4.50. The summed E-state index contributed by atoms with van der Waals surface area (Å²) in [6.07, 6.45) is 4.38. The summed E-state index contributed by atoms with van der Waals surface area (Å²) in [7, 11) is 0. The molecule has 1 fully saturated rings. The largest absolute Gasteiger partial charge is 0.872 e. The number of fused-ring (bicyclic) bond motifs is 1. The molecule has 5 heteroatoms. The predicted octanol–water partition coefficient (Wildman–Crippen LogP) is 1.28. The maximum absolute atomic E-state index is 11.8. The number of piperazine rings is 1. The van der Waals surface area contributed by atoms with E-state index in [1.54, 1.807) is 12.1 Å². The number of rotatable bonds is 5. The lowest BCUT2D eigenvalue weighted by Gasteiger charge is -2.31. The Morgan fingerprint density at radius 3 is 2.64 bits per heavy atom. The summed E-state index contributed by atoms with van der Waals surface area (Å²) in [5.41, 5.74) is 2.26. The first kappa shape index (κ1) is 18.5. The summed E-state index contributed by atoms with van der Waals surface area (Å²) in [6.45, 7) is 5.73. The maximum Gasteiger partial charge on any atom is 0.336 e. The van der Waals surface area contributed by atoms with Crippen molar-refractivity contribution < 1.29 is 14.4 Å². The second-order valence-corrected chi connectivity index (χ2v) is 7.29. The summed E-state index contributed by atoms with van der Waals surface area (Å²) in [4.78, 5) is 15.7. The Morgan fingerprint density at radius 2 is 1.86 bits per heavy atom. The monoisotopic (exact) mass is 376 g/mol. The van der Waals surface area contributed by atoms with Gasteiger partial charge in [-0.2, -0.15) is 0 Å². The van der Waals surface area contributed by atoms with Gasteiger partial charge in [0.15, 0.2) is 0 Å². The molecule has 2 heterocycles. The van der Waals surface area contributed by atoms with Gasteiger partial charge in [-0.25, -0.2) is 4.79 Å². The van der Waals surface area contributed by atoms with Crippen molar-refractivity contribution in [1.29, 1.82) is 0 Å². The van der Waals surface area contributed by atoms with E-state index in [2.05, 4.69) is 29.2 Å². The van der Waals surface area contributed by atoms with Crippen LogP contribution >= 0.6 is 0 Å². The fourth-order valence-corrected chi connectivity index (χ4v) is 3.75. The van der Waals surface area contributed by atoms with Crippen molar-refractivity contribution in [1.82, 2.24) is 4.90 Å². The minimum absolute atomic E-state index is 0.0624. The number of quaternary nitrogens is 1. The molecule has 0 bridgehead atoms. The van der Waals surface area contributed by atoms with E-state index >= 15 is 0 Å². The molecule has 1 N–H and O–H groups in total. The quantitative estimate of drug-likeness (QED) is 0.682. The van der Waals surface area contributed by atoms with Gasteiger partial charge in [0.25, 0.3) is 0 Å². The van der Waals surface area contributed by atoms with Gasteiger partial charge in [-0.05, 0) is 11.6 Å². The average Bonchev–Trinajstić information content (AvgIpc) is 2.71. The van der Waals surface area contributed by atoms with Gasteiger partial charge in [-0.15, -0.1) is 5.75 Å². The first-order chi connectivity index (χ1) is 13.7. The molecule has 144 valence electrons. The summed E-state index contributed by atoms with van der Waals surface area (Å²) in [6, 6.07) is 16.5. The maximum atomic E-state index is 11.8. The Bertz CT molecular complexity index is 1020.